The van der Waals surface area contributed by atoms with Crippen LogP contribution >= 0.6 is 0 Å². The number of carbonyl (C=O) groups excluding carboxylic acids is 1. The molecule has 4 rings (SSSR count). The molecule has 0 aliphatic rings. The van der Waals surface area contributed by atoms with Crippen molar-refractivity contribution in [2.45, 2.75) is 26.0 Å². The van der Waals surface area contributed by atoms with Crippen molar-refractivity contribution in [1.82, 2.24) is 24.7 Å². The second-order valence-corrected chi connectivity index (χ2v) is 8.44. The number of nitrogens with one attached hydrogen (secondary N) is 3. The molecule has 39 heavy (non-hydrogen) atoms. The molecule has 0 fully saturated rings. The van der Waals surface area contributed by atoms with Gasteiger partial charge in [-0.25, -0.2) is 14.8 Å². The third-order valence-corrected chi connectivity index (χ3v) is 5.80. The maximum absolute atomic E-state index is 12.9. The molecule has 0 radical (unpaired) electrons. The van der Waals surface area contributed by atoms with Crippen LogP contribution in [-0.4, -0.2) is 50.8 Å². The van der Waals surface area contributed by atoms with Gasteiger partial charge in [-0.15, -0.1) is 9.78 Å². The lowest BCUT2D eigenvalue weighted by atomic mass is 9.98. The van der Waals surface area contributed by atoms with Crippen LogP contribution in [0.2, 0.25) is 0 Å². The van der Waals surface area contributed by atoms with E-state index in [1.54, 1.807) is 49.4 Å². The molecule has 2 atom stereocenters. The third kappa shape index (κ3) is 5.87. The molecule has 0 aliphatic carbocycles. The number of hydrogen-bond acceptors (Lipinski definition) is 10. The van der Waals surface area contributed by atoms with Crippen molar-refractivity contribution in [3.8, 4) is 17.4 Å². The van der Waals surface area contributed by atoms with E-state index in [2.05, 4.69) is 25.4 Å². The van der Waals surface area contributed by atoms with Gasteiger partial charge in [0.1, 0.15) is 18.0 Å². The lowest BCUT2D eigenvalue weighted by Crippen LogP contribution is -2.18. The van der Waals surface area contributed by atoms with Crippen LogP contribution in [-0.2, 0) is 9.53 Å². The first kappa shape index (κ1) is 26.9. The summed E-state index contributed by atoms with van der Waals surface area (Å²) < 4.78 is 17.7. The lowest BCUT2D eigenvalue weighted by Gasteiger charge is -2.23. The summed E-state index contributed by atoms with van der Waals surface area (Å²) in [7, 11) is 2.99. The zero-order chi connectivity index (χ0) is 28.1. The van der Waals surface area contributed by atoms with Crippen molar-refractivity contribution in [3.05, 3.63) is 87.9 Å². The van der Waals surface area contributed by atoms with Gasteiger partial charge in [0.2, 0.25) is 0 Å². The number of nitrogens with zero attached hydrogens (tertiary/aromatic N) is 4. The quantitative estimate of drug-likeness (QED) is 0.134. The normalized spacial score (nSPS) is 12.3. The standard InChI is InChI=1S/C26H28N8O5/c1-14(39-15(2)35)19-12-17(13-20(37-3)22(19)38-4)21(31-18-8-6-16(7-9-18)23(27)28)24-32-26(36)34(33-24)25-29-10-5-11-30-25/h5-14,21,31H,1-4H3,(H3,27,28)(H,32,33,36). The summed E-state index contributed by atoms with van der Waals surface area (Å²) in [5, 5.41) is 15.5. The number of aromatic nitrogens is 5. The van der Waals surface area contributed by atoms with E-state index in [4.69, 9.17) is 25.4 Å². The SMILES string of the molecule is COc1cc(C(Nc2ccc(C(=N)N)cc2)c2nn(-c3ncccn3)c(=O)[nH]2)cc(C(C)OC(C)=O)c1OC. The van der Waals surface area contributed by atoms with E-state index < -0.39 is 23.8 Å². The molecular formula is C26H28N8O5. The fourth-order valence-corrected chi connectivity index (χ4v) is 4.03. The predicted octanol–water partition coefficient (Wildman–Crippen LogP) is 2.48. The summed E-state index contributed by atoms with van der Waals surface area (Å²) in [6, 6.07) is 11.3. The minimum absolute atomic E-state index is 0.0620. The van der Waals surface area contributed by atoms with Gasteiger partial charge in [-0.2, -0.15) is 0 Å². The number of nitrogen functional groups attached to an aromatic ring is 1. The minimum Gasteiger partial charge on any atom is -0.493 e. The largest absolute Gasteiger partial charge is 0.493 e. The fourth-order valence-electron chi connectivity index (χ4n) is 4.03. The number of benzene rings is 2. The van der Waals surface area contributed by atoms with E-state index in [-0.39, 0.29) is 17.6 Å². The van der Waals surface area contributed by atoms with E-state index in [9.17, 15) is 9.59 Å². The van der Waals surface area contributed by atoms with E-state index in [0.717, 1.165) is 4.68 Å². The topological polar surface area (TPSA) is 183 Å². The third-order valence-electron chi connectivity index (χ3n) is 5.80. The van der Waals surface area contributed by atoms with Crippen molar-refractivity contribution in [3.63, 3.8) is 0 Å². The van der Waals surface area contributed by atoms with Gasteiger partial charge in [-0.1, -0.05) is 0 Å². The van der Waals surface area contributed by atoms with Gasteiger partial charge in [0.05, 0.1) is 14.2 Å². The molecule has 0 saturated heterocycles. The Morgan fingerprint density at radius 3 is 2.41 bits per heavy atom. The molecule has 4 aromatic rings. The number of ether oxygens (including phenoxy) is 3. The average molecular weight is 533 g/mol. The number of amidine groups is 1. The molecule has 2 unspecified atom stereocenters. The molecule has 0 spiro atoms. The van der Waals surface area contributed by atoms with Gasteiger partial charge in [-0.05, 0) is 55.0 Å². The number of hydrogen-bond donors (Lipinski definition) is 4. The summed E-state index contributed by atoms with van der Waals surface area (Å²) in [6.07, 6.45) is 2.34. The fraction of sp³-hybridized carbons (Fsp3) is 0.231. The Labute approximate surface area is 223 Å². The number of nitrogens with two attached hydrogens (primary N) is 1. The Bertz CT molecular complexity index is 1530. The highest BCUT2D eigenvalue weighted by Gasteiger charge is 2.26. The van der Waals surface area contributed by atoms with Gasteiger partial charge in [0, 0.05) is 36.1 Å². The van der Waals surface area contributed by atoms with Crippen LogP contribution in [0.3, 0.4) is 0 Å². The molecule has 13 nitrogen and oxygen atoms in total. The van der Waals surface area contributed by atoms with Crippen molar-refractivity contribution in [2.24, 2.45) is 5.73 Å². The van der Waals surface area contributed by atoms with E-state index in [0.29, 0.717) is 33.9 Å². The molecule has 0 aliphatic heterocycles. The van der Waals surface area contributed by atoms with Crippen LogP contribution < -0.4 is 26.2 Å². The Morgan fingerprint density at radius 1 is 1.13 bits per heavy atom. The monoisotopic (exact) mass is 532 g/mol. The molecule has 0 saturated carbocycles. The Balaban J connectivity index is 1.87. The van der Waals surface area contributed by atoms with E-state index >= 15 is 0 Å². The Kier molecular flexibility index (Phi) is 7.89. The van der Waals surface area contributed by atoms with Gasteiger partial charge < -0.3 is 25.3 Å². The highest BCUT2D eigenvalue weighted by Crippen LogP contribution is 2.40. The summed E-state index contributed by atoms with van der Waals surface area (Å²) in [5.74, 6) is 0.618. The van der Waals surface area contributed by atoms with Crippen LogP contribution in [0.4, 0.5) is 5.69 Å². The maximum Gasteiger partial charge on any atom is 0.350 e. The van der Waals surface area contributed by atoms with Crippen molar-refractivity contribution >= 4 is 17.5 Å². The molecule has 5 N–H and O–H groups in total. The first-order valence-electron chi connectivity index (χ1n) is 11.8. The molecule has 2 aromatic heterocycles. The van der Waals surface area contributed by atoms with Crippen LogP contribution in [0.1, 0.15) is 48.5 Å². The van der Waals surface area contributed by atoms with E-state index in [1.807, 2.05) is 0 Å². The van der Waals surface area contributed by atoms with Crippen LogP contribution in [0, 0.1) is 5.41 Å². The van der Waals surface area contributed by atoms with Gasteiger partial charge >= 0.3 is 11.7 Å². The molecule has 202 valence electrons. The van der Waals surface area contributed by atoms with Crippen molar-refractivity contribution in [2.75, 3.05) is 19.5 Å². The number of anilines is 1. The molecule has 2 aromatic carbocycles. The van der Waals surface area contributed by atoms with Gasteiger partial charge in [-0.3, -0.25) is 15.2 Å². The van der Waals surface area contributed by atoms with Crippen LogP contribution in [0.5, 0.6) is 11.5 Å². The van der Waals surface area contributed by atoms with Gasteiger partial charge in [0.15, 0.2) is 17.3 Å². The van der Waals surface area contributed by atoms with Crippen molar-refractivity contribution < 1.29 is 19.0 Å². The predicted molar refractivity (Wildman–Crippen MR) is 142 cm³/mol. The molecule has 13 heteroatoms. The van der Waals surface area contributed by atoms with Crippen molar-refractivity contribution in [1.29, 1.82) is 5.41 Å². The number of aromatic amines is 1. The number of H-pyrrole nitrogens is 1. The number of esters is 1. The zero-order valence-corrected chi connectivity index (χ0v) is 21.8. The Hall–Kier alpha value is -5.20. The minimum atomic E-state index is -0.728. The summed E-state index contributed by atoms with van der Waals surface area (Å²) in [4.78, 5) is 35.6. The lowest BCUT2D eigenvalue weighted by molar-refractivity contribution is -0.145. The van der Waals surface area contributed by atoms with Gasteiger partial charge in [0.25, 0.3) is 5.95 Å². The summed E-state index contributed by atoms with van der Waals surface area (Å²) in [5.41, 5.74) is 7.44. The second-order valence-electron chi connectivity index (χ2n) is 8.44. The number of methoxy groups -OCH3 is 2. The highest BCUT2D eigenvalue weighted by molar-refractivity contribution is 5.95. The average Bonchev–Trinajstić information content (AvgIpc) is 3.32. The number of carbonyl (C=O) groups is 1. The molecule has 0 bridgehead atoms. The smallest absolute Gasteiger partial charge is 0.350 e. The Morgan fingerprint density at radius 2 is 1.82 bits per heavy atom. The van der Waals surface area contributed by atoms with Crippen LogP contribution in [0.15, 0.2) is 59.7 Å². The second kappa shape index (κ2) is 11.5. The van der Waals surface area contributed by atoms with E-state index in [1.165, 1.54) is 33.5 Å². The summed E-state index contributed by atoms with van der Waals surface area (Å²) in [6.45, 7) is 3.04. The molecule has 2 heterocycles. The molecule has 0 amide bonds. The zero-order valence-electron chi connectivity index (χ0n) is 21.8. The summed E-state index contributed by atoms with van der Waals surface area (Å²) >= 11 is 0. The molecular weight excluding hydrogens is 504 g/mol. The number of rotatable bonds is 10. The first-order chi connectivity index (χ1) is 18.7. The van der Waals surface area contributed by atoms with Crippen LogP contribution in [0.25, 0.3) is 5.95 Å². The first-order valence-corrected chi connectivity index (χ1v) is 11.8. The maximum atomic E-state index is 12.9. The highest BCUT2D eigenvalue weighted by atomic mass is 16.5.